The molecule has 2 aromatic heterocycles. The minimum atomic E-state index is -4.48. The monoisotopic (exact) mass is 386 g/mol. The number of anilines is 1. The molecule has 0 bridgehead atoms. The molecule has 0 unspecified atom stereocenters. The number of allylic oxidation sites excluding steroid dienone is 1. The summed E-state index contributed by atoms with van der Waals surface area (Å²) in [6.45, 7) is 0. The summed E-state index contributed by atoms with van der Waals surface area (Å²) >= 11 is 0. The number of nitrogens with one attached hydrogen (secondary N) is 2. The topological polar surface area (TPSA) is 108 Å². The molecule has 3 aromatic rings. The summed E-state index contributed by atoms with van der Waals surface area (Å²) in [5, 5.41) is 28.9. The van der Waals surface area contributed by atoms with Gasteiger partial charge in [0, 0.05) is 23.5 Å². The van der Waals surface area contributed by atoms with Crippen LogP contribution in [0, 0.1) is 11.3 Å². The lowest BCUT2D eigenvalue weighted by molar-refractivity contribution is -0.141. The Hall–Kier alpha value is -3.68. The molecule has 2 N–H and O–H groups in total. The lowest BCUT2D eigenvalue weighted by Crippen LogP contribution is -2.07. The van der Waals surface area contributed by atoms with Gasteiger partial charge in [-0.05, 0) is 48.4 Å². The predicted octanol–water partition coefficient (Wildman–Crippen LogP) is 3.26. The van der Waals surface area contributed by atoms with Crippen molar-refractivity contribution in [1.82, 2.24) is 30.4 Å². The Morgan fingerprint density at radius 1 is 1.29 bits per heavy atom. The van der Waals surface area contributed by atoms with Crippen LogP contribution >= 0.6 is 0 Å². The molecule has 0 amide bonds. The Morgan fingerprint density at radius 2 is 2.04 bits per heavy atom. The van der Waals surface area contributed by atoms with Crippen molar-refractivity contribution in [2.24, 2.45) is 0 Å². The van der Waals surface area contributed by atoms with E-state index in [0.717, 1.165) is 18.9 Å². The van der Waals surface area contributed by atoms with Crippen LogP contribution in [0.15, 0.2) is 36.5 Å². The van der Waals surface area contributed by atoms with Crippen molar-refractivity contribution in [3.63, 3.8) is 0 Å². The van der Waals surface area contributed by atoms with Crippen LogP contribution in [0.1, 0.15) is 36.0 Å². The number of aromatic nitrogens is 6. The zero-order valence-corrected chi connectivity index (χ0v) is 14.3. The van der Waals surface area contributed by atoms with E-state index in [-0.39, 0.29) is 17.3 Å². The highest BCUT2D eigenvalue weighted by molar-refractivity contribution is 5.74. The highest BCUT2D eigenvalue weighted by Crippen LogP contribution is 2.43. The lowest BCUT2D eigenvalue weighted by Gasteiger charge is -2.08. The van der Waals surface area contributed by atoms with Crippen molar-refractivity contribution in [1.29, 1.82) is 5.26 Å². The highest BCUT2D eigenvalue weighted by atomic mass is 19.4. The van der Waals surface area contributed by atoms with Crippen LogP contribution in [0.5, 0.6) is 0 Å². The molecular weight excluding hydrogens is 373 g/mol. The van der Waals surface area contributed by atoms with Gasteiger partial charge in [0.15, 0.2) is 5.69 Å². The van der Waals surface area contributed by atoms with Gasteiger partial charge in [-0.25, -0.2) is 4.68 Å². The van der Waals surface area contributed by atoms with Crippen LogP contribution < -0.4 is 5.32 Å². The third kappa shape index (κ3) is 3.57. The van der Waals surface area contributed by atoms with E-state index >= 15 is 0 Å². The maximum absolute atomic E-state index is 13.0. The molecule has 1 aromatic carbocycles. The lowest BCUT2D eigenvalue weighted by atomic mass is 10.2. The van der Waals surface area contributed by atoms with E-state index in [9.17, 15) is 13.2 Å². The Bertz CT molecular complexity index is 1040. The summed E-state index contributed by atoms with van der Waals surface area (Å²) in [7, 11) is 0. The van der Waals surface area contributed by atoms with Crippen LogP contribution in [-0.4, -0.2) is 30.4 Å². The van der Waals surface area contributed by atoms with Crippen molar-refractivity contribution in [3.05, 3.63) is 53.7 Å². The van der Waals surface area contributed by atoms with Gasteiger partial charge in [0.05, 0.1) is 5.69 Å². The van der Waals surface area contributed by atoms with Gasteiger partial charge in [0.25, 0.3) is 0 Å². The minimum Gasteiger partial charge on any atom is -0.360 e. The number of benzene rings is 1. The summed E-state index contributed by atoms with van der Waals surface area (Å²) in [4.78, 5) is 0. The largest absolute Gasteiger partial charge is 0.435 e. The maximum atomic E-state index is 13.0. The van der Waals surface area contributed by atoms with Crippen molar-refractivity contribution in [2.75, 3.05) is 5.32 Å². The number of halogens is 3. The number of H-pyrrole nitrogens is 1. The molecule has 142 valence electrons. The van der Waals surface area contributed by atoms with Crippen LogP contribution in [0.25, 0.3) is 11.3 Å². The van der Waals surface area contributed by atoms with Crippen molar-refractivity contribution in [3.8, 4) is 11.8 Å². The first-order valence-electron chi connectivity index (χ1n) is 8.34. The molecule has 1 aliphatic rings. The van der Waals surface area contributed by atoms with Crippen molar-refractivity contribution in [2.45, 2.75) is 24.9 Å². The standard InChI is InChI=1S/C17H13F3N8/c18-17(19,20)15-7-14(10-1-2-10)28(25-15)13-5-3-12(4-6-13)22-9-11(8-21)16-23-26-27-24-16/h3-7,9-10,22H,1-2H2,(H,23,24,26,27). The number of hydrogen-bond acceptors (Lipinski definition) is 6. The Morgan fingerprint density at radius 3 is 2.61 bits per heavy atom. The molecule has 1 fully saturated rings. The van der Waals surface area contributed by atoms with Gasteiger partial charge in [0.2, 0.25) is 5.82 Å². The van der Waals surface area contributed by atoms with E-state index in [4.69, 9.17) is 5.26 Å². The molecular formula is C17H13F3N8. The summed E-state index contributed by atoms with van der Waals surface area (Å²) in [5.74, 6) is 0.259. The van der Waals surface area contributed by atoms with E-state index in [0.29, 0.717) is 17.1 Å². The van der Waals surface area contributed by atoms with Gasteiger partial charge in [-0.3, -0.25) is 0 Å². The Kier molecular flexibility index (Phi) is 4.31. The van der Waals surface area contributed by atoms with Crippen LogP contribution in [-0.2, 0) is 6.18 Å². The number of aromatic amines is 1. The summed E-state index contributed by atoms with van der Waals surface area (Å²) in [6, 6.07) is 9.76. The van der Waals surface area contributed by atoms with E-state index in [1.807, 2.05) is 6.07 Å². The normalized spacial score (nSPS) is 14.7. The first-order valence-corrected chi connectivity index (χ1v) is 8.34. The molecule has 0 radical (unpaired) electrons. The molecule has 0 atom stereocenters. The average molecular weight is 386 g/mol. The average Bonchev–Trinajstić information content (AvgIpc) is 3.18. The number of rotatable bonds is 5. The fraction of sp³-hybridized carbons (Fsp3) is 0.235. The number of tetrazole rings is 1. The van der Waals surface area contributed by atoms with E-state index < -0.39 is 11.9 Å². The molecule has 1 aliphatic carbocycles. The molecule has 1 saturated carbocycles. The SMILES string of the molecule is N#CC(=CNc1ccc(-n2nc(C(F)(F)F)cc2C2CC2)cc1)c1nn[nH]n1. The third-order valence-corrected chi connectivity index (χ3v) is 4.22. The van der Waals surface area contributed by atoms with Gasteiger partial charge < -0.3 is 5.32 Å². The smallest absolute Gasteiger partial charge is 0.360 e. The maximum Gasteiger partial charge on any atom is 0.435 e. The fourth-order valence-corrected chi connectivity index (χ4v) is 2.69. The van der Waals surface area contributed by atoms with Gasteiger partial charge in [0.1, 0.15) is 11.6 Å². The van der Waals surface area contributed by atoms with E-state index in [1.165, 1.54) is 10.9 Å². The number of nitrogens with zero attached hydrogens (tertiary/aromatic N) is 6. The predicted molar refractivity (Wildman–Crippen MR) is 91.9 cm³/mol. The fourth-order valence-electron chi connectivity index (χ4n) is 2.69. The molecule has 4 rings (SSSR count). The summed E-state index contributed by atoms with van der Waals surface area (Å²) in [6.07, 6.45) is -1.34. The Labute approximate surface area is 156 Å². The summed E-state index contributed by atoms with van der Waals surface area (Å²) < 4.78 is 40.5. The first-order chi connectivity index (χ1) is 13.5. The van der Waals surface area contributed by atoms with Gasteiger partial charge in [-0.15, -0.1) is 10.2 Å². The van der Waals surface area contributed by atoms with E-state index in [1.54, 1.807) is 24.3 Å². The van der Waals surface area contributed by atoms with Crippen LogP contribution in [0.2, 0.25) is 0 Å². The first kappa shape index (κ1) is 17.7. The third-order valence-electron chi connectivity index (χ3n) is 4.22. The number of nitriles is 1. The Balaban J connectivity index is 1.57. The second-order valence-electron chi connectivity index (χ2n) is 6.23. The van der Waals surface area contributed by atoms with Gasteiger partial charge >= 0.3 is 6.18 Å². The van der Waals surface area contributed by atoms with Crippen molar-refractivity contribution < 1.29 is 13.2 Å². The van der Waals surface area contributed by atoms with Crippen LogP contribution in [0.4, 0.5) is 18.9 Å². The summed E-state index contributed by atoms with van der Waals surface area (Å²) in [5.41, 5.74) is 1.02. The van der Waals surface area contributed by atoms with Gasteiger partial charge in [-0.1, -0.05) is 0 Å². The number of alkyl halides is 3. The molecule has 0 aliphatic heterocycles. The van der Waals surface area contributed by atoms with E-state index in [2.05, 4.69) is 31.0 Å². The molecule has 8 nitrogen and oxygen atoms in total. The van der Waals surface area contributed by atoms with Crippen molar-refractivity contribution >= 4 is 11.3 Å². The second-order valence-corrected chi connectivity index (χ2v) is 6.23. The molecule has 0 saturated heterocycles. The molecule has 11 heteroatoms. The molecule has 2 heterocycles. The molecule has 28 heavy (non-hydrogen) atoms. The van der Waals surface area contributed by atoms with Crippen LogP contribution in [0.3, 0.4) is 0 Å². The minimum absolute atomic E-state index is 0.109. The number of hydrogen-bond donors (Lipinski definition) is 2. The quantitative estimate of drug-likeness (QED) is 0.652. The highest BCUT2D eigenvalue weighted by Gasteiger charge is 2.38. The molecule has 0 spiro atoms. The second kappa shape index (κ2) is 6.80. The zero-order valence-electron chi connectivity index (χ0n) is 14.3. The van der Waals surface area contributed by atoms with Gasteiger partial charge in [-0.2, -0.15) is 28.7 Å². The zero-order chi connectivity index (χ0) is 19.7.